The Morgan fingerprint density at radius 3 is 2.22 bits per heavy atom. The van der Waals surface area contributed by atoms with E-state index in [1.807, 2.05) is 30.3 Å². The Labute approximate surface area is 141 Å². The lowest BCUT2D eigenvalue weighted by molar-refractivity contribution is 0.257. The number of urea groups is 1. The van der Waals surface area contributed by atoms with Crippen molar-refractivity contribution >= 4 is 23.7 Å². The molecule has 0 spiro atoms. The molecule has 0 saturated heterocycles. The smallest absolute Gasteiger partial charge is 0.307 e. The van der Waals surface area contributed by atoms with Crippen molar-refractivity contribution in [3.63, 3.8) is 0 Å². The number of hydrogen-bond acceptors (Lipinski definition) is 2. The summed E-state index contributed by atoms with van der Waals surface area (Å²) in [6.45, 7) is 0. The van der Waals surface area contributed by atoms with Crippen LogP contribution in [0.2, 0.25) is 0 Å². The highest BCUT2D eigenvalue weighted by atomic mass is 32.2. The van der Waals surface area contributed by atoms with Crippen LogP contribution < -0.4 is 10.0 Å². The van der Waals surface area contributed by atoms with Crippen LogP contribution in [0.25, 0.3) is 0 Å². The summed E-state index contributed by atoms with van der Waals surface area (Å²) in [5.41, 5.74) is 6.71. The second kappa shape index (κ2) is 6.28. The van der Waals surface area contributed by atoms with E-state index in [-0.39, 0.29) is 6.03 Å². The summed E-state index contributed by atoms with van der Waals surface area (Å²) in [7, 11) is 0. The third-order valence-corrected chi connectivity index (χ3v) is 5.51. The van der Waals surface area contributed by atoms with Gasteiger partial charge in [-0.2, -0.15) is 0 Å². The number of aryl methyl sites for hydroxylation is 2. The Balaban J connectivity index is 1.51. The van der Waals surface area contributed by atoms with Crippen molar-refractivity contribution in [3.8, 4) is 0 Å². The molecule has 0 radical (unpaired) electrons. The van der Waals surface area contributed by atoms with E-state index in [4.69, 9.17) is 0 Å². The van der Waals surface area contributed by atoms with Crippen LogP contribution in [0, 0.1) is 0 Å². The molecule has 2 aromatic rings. The van der Waals surface area contributed by atoms with Gasteiger partial charge in [0.05, 0.1) is 0 Å². The third-order valence-electron chi connectivity index (χ3n) is 4.72. The quantitative estimate of drug-likeness (QED) is 0.817. The molecule has 0 aromatic heterocycles. The molecule has 4 heteroatoms. The van der Waals surface area contributed by atoms with Gasteiger partial charge in [-0.3, -0.25) is 4.72 Å². The minimum Gasteiger partial charge on any atom is -0.307 e. The molecule has 2 aliphatic rings. The molecule has 0 fully saturated rings. The molecular weight excluding hydrogens is 304 g/mol. The molecule has 23 heavy (non-hydrogen) atoms. The molecule has 3 nitrogen and oxygen atoms in total. The van der Waals surface area contributed by atoms with Crippen molar-refractivity contribution < 1.29 is 4.79 Å². The van der Waals surface area contributed by atoms with E-state index in [0.717, 1.165) is 36.3 Å². The summed E-state index contributed by atoms with van der Waals surface area (Å²) in [5, 5.41) is 3.14. The molecule has 118 valence electrons. The highest BCUT2D eigenvalue weighted by Crippen LogP contribution is 2.38. The van der Waals surface area contributed by atoms with Crippen LogP contribution in [0.3, 0.4) is 0 Å². The van der Waals surface area contributed by atoms with Gasteiger partial charge in [-0.15, -0.1) is 0 Å². The fraction of sp³-hybridized carbons (Fsp3) is 0.316. The molecule has 0 bridgehead atoms. The highest BCUT2D eigenvalue weighted by Gasteiger charge is 2.24. The highest BCUT2D eigenvalue weighted by molar-refractivity contribution is 7.98. The Bertz CT molecular complexity index is 711. The summed E-state index contributed by atoms with van der Waals surface area (Å²) < 4.78 is 2.90. The maximum atomic E-state index is 12.3. The Morgan fingerprint density at radius 2 is 1.57 bits per heavy atom. The van der Waals surface area contributed by atoms with Crippen molar-refractivity contribution in [2.75, 3.05) is 5.32 Å². The first-order chi connectivity index (χ1) is 11.3. The molecule has 0 unspecified atom stereocenters. The van der Waals surface area contributed by atoms with Crippen LogP contribution in [0.4, 0.5) is 10.5 Å². The molecular formula is C19H20N2OS. The van der Waals surface area contributed by atoms with Crippen LogP contribution in [0.5, 0.6) is 0 Å². The molecule has 4 rings (SSSR count). The van der Waals surface area contributed by atoms with Gasteiger partial charge in [0.15, 0.2) is 0 Å². The van der Waals surface area contributed by atoms with Gasteiger partial charge in [0, 0.05) is 10.6 Å². The average molecular weight is 324 g/mol. The van der Waals surface area contributed by atoms with Gasteiger partial charge in [0.25, 0.3) is 0 Å². The molecule has 2 N–H and O–H groups in total. The van der Waals surface area contributed by atoms with Crippen molar-refractivity contribution in [1.82, 2.24) is 4.72 Å². The van der Waals surface area contributed by atoms with Gasteiger partial charge in [-0.25, -0.2) is 4.79 Å². The largest absolute Gasteiger partial charge is 0.329 e. The van der Waals surface area contributed by atoms with Gasteiger partial charge < -0.3 is 5.32 Å². The van der Waals surface area contributed by atoms with Crippen LogP contribution in [0.15, 0.2) is 41.3 Å². The zero-order valence-corrected chi connectivity index (χ0v) is 13.8. The summed E-state index contributed by atoms with van der Waals surface area (Å²) in [4.78, 5) is 13.4. The summed E-state index contributed by atoms with van der Waals surface area (Å²) >= 11 is 1.35. The lowest BCUT2D eigenvalue weighted by atomic mass is 9.99. The second-order valence-electron chi connectivity index (χ2n) is 6.21. The lowest BCUT2D eigenvalue weighted by Crippen LogP contribution is -2.24. The number of carbonyl (C=O) groups excluding carboxylic acids is 1. The van der Waals surface area contributed by atoms with Crippen LogP contribution in [0.1, 0.15) is 35.1 Å². The normalized spacial score (nSPS) is 15.1. The van der Waals surface area contributed by atoms with Crippen molar-refractivity contribution in [1.29, 1.82) is 0 Å². The fourth-order valence-electron chi connectivity index (χ4n) is 3.70. The number of rotatable bonds is 3. The first-order valence-corrected chi connectivity index (χ1v) is 9.08. The van der Waals surface area contributed by atoms with Gasteiger partial charge in [0.2, 0.25) is 0 Å². The monoisotopic (exact) mass is 324 g/mol. The topological polar surface area (TPSA) is 41.1 Å². The first-order valence-electron chi connectivity index (χ1n) is 8.26. The minimum absolute atomic E-state index is 0.131. The van der Waals surface area contributed by atoms with E-state index in [0.29, 0.717) is 0 Å². The Kier molecular flexibility index (Phi) is 4.00. The second-order valence-corrected chi connectivity index (χ2v) is 7.08. The van der Waals surface area contributed by atoms with Crippen LogP contribution in [-0.2, 0) is 25.7 Å². The van der Waals surface area contributed by atoms with Gasteiger partial charge in [-0.1, -0.05) is 24.3 Å². The average Bonchev–Trinajstić information content (AvgIpc) is 3.22. The number of benzene rings is 2. The molecule has 2 aromatic carbocycles. The molecule has 0 saturated carbocycles. The molecule has 2 aliphatic carbocycles. The molecule has 0 heterocycles. The summed E-state index contributed by atoms with van der Waals surface area (Å²) in [6.07, 6.45) is 6.88. The number of fused-ring (bicyclic) bond motifs is 2. The molecule has 0 aliphatic heterocycles. The number of amides is 2. The number of nitrogens with one attached hydrogen (secondary N) is 2. The third kappa shape index (κ3) is 2.95. The maximum Gasteiger partial charge on any atom is 0.329 e. The summed E-state index contributed by atoms with van der Waals surface area (Å²) in [6, 6.07) is 12.1. The fourth-order valence-corrected chi connectivity index (χ4v) is 4.25. The van der Waals surface area contributed by atoms with Crippen LogP contribution in [-0.4, -0.2) is 6.03 Å². The molecule has 0 atom stereocenters. The van der Waals surface area contributed by atoms with E-state index >= 15 is 0 Å². The van der Waals surface area contributed by atoms with E-state index in [1.165, 1.54) is 47.0 Å². The van der Waals surface area contributed by atoms with Crippen molar-refractivity contribution in [3.05, 3.63) is 58.7 Å². The first kappa shape index (κ1) is 14.6. The molecule has 2 amide bonds. The SMILES string of the molecule is O=C(NSc1ccccc1)Nc1c2c(cc3c1CCC3)CCC2. The van der Waals surface area contributed by atoms with E-state index in [2.05, 4.69) is 16.1 Å². The lowest BCUT2D eigenvalue weighted by Gasteiger charge is -2.16. The Morgan fingerprint density at radius 1 is 0.913 bits per heavy atom. The standard InChI is InChI=1S/C19H20N2OS/c22-19(21-23-15-8-2-1-3-9-15)20-18-16-10-4-6-13(16)12-14-7-5-11-17(14)18/h1-3,8-9,12H,4-7,10-11H2,(H2,20,21,22). The van der Waals surface area contributed by atoms with E-state index in [9.17, 15) is 4.79 Å². The van der Waals surface area contributed by atoms with Gasteiger partial charge in [-0.05, 0) is 84.9 Å². The predicted molar refractivity (Wildman–Crippen MR) is 94.9 cm³/mol. The maximum absolute atomic E-state index is 12.3. The summed E-state index contributed by atoms with van der Waals surface area (Å²) in [5.74, 6) is 0. The van der Waals surface area contributed by atoms with Crippen molar-refractivity contribution in [2.24, 2.45) is 0 Å². The van der Waals surface area contributed by atoms with E-state index < -0.39 is 0 Å². The van der Waals surface area contributed by atoms with Gasteiger partial charge >= 0.3 is 6.03 Å². The van der Waals surface area contributed by atoms with Gasteiger partial charge in [0.1, 0.15) is 0 Å². The zero-order valence-electron chi connectivity index (χ0n) is 13.0. The predicted octanol–water partition coefficient (Wildman–Crippen LogP) is 4.49. The number of carbonyl (C=O) groups is 1. The van der Waals surface area contributed by atoms with E-state index in [1.54, 1.807) is 0 Å². The number of hydrogen-bond donors (Lipinski definition) is 2. The zero-order chi connectivity index (χ0) is 15.6. The Hall–Kier alpha value is -1.94. The minimum atomic E-state index is -0.131. The van der Waals surface area contributed by atoms with Crippen molar-refractivity contribution in [2.45, 2.75) is 43.4 Å². The van der Waals surface area contributed by atoms with Crippen LogP contribution >= 0.6 is 11.9 Å². The number of anilines is 1.